The van der Waals surface area contributed by atoms with Crippen molar-refractivity contribution in [1.29, 1.82) is 0 Å². The zero-order valence-electron chi connectivity index (χ0n) is 5.80. The second kappa shape index (κ2) is 3.69. The first-order chi connectivity index (χ1) is 4.68. The van der Waals surface area contributed by atoms with Gasteiger partial charge in [-0.05, 0) is 48.1 Å². The molecule has 2 N–H and O–H groups in total. The van der Waals surface area contributed by atoms with Crippen LogP contribution < -0.4 is 5.73 Å². The third-order valence-corrected chi connectivity index (χ3v) is 3.07. The zero-order valence-corrected chi connectivity index (χ0v) is 8.78. The fraction of sp³-hybridized carbons (Fsp3) is 0.429. The molecule has 1 atom stereocenters. The van der Waals surface area contributed by atoms with Crippen molar-refractivity contribution >= 4 is 33.9 Å². The Balaban J connectivity index is 2.58. The molecular formula is C7H10INS. The summed E-state index contributed by atoms with van der Waals surface area (Å²) in [5.74, 6) is 0. The van der Waals surface area contributed by atoms with Crippen molar-refractivity contribution < 1.29 is 0 Å². The smallest absolute Gasteiger partial charge is 0.0656 e. The first kappa shape index (κ1) is 8.49. The van der Waals surface area contributed by atoms with Crippen LogP contribution in [-0.2, 0) is 6.42 Å². The monoisotopic (exact) mass is 267 g/mol. The molecule has 1 aromatic heterocycles. The number of nitrogens with two attached hydrogens (primary N) is 1. The molecular weight excluding hydrogens is 257 g/mol. The molecule has 1 nitrogen and oxygen atoms in total. The lowest BCUT2D eigenvalue weighted by molar-refractivity contribution is 0.746. The molecule has 0 fully saturated rings. The fourth-order valence-electron chi connectivity index (χ4n) is 0.779. The maximum absolute atomic E-state index is 5.64. The second-order valence-electron chi connectivity index (χ2n) is 2.39. The lowest BCUT2D eigenvalue weighted by Crippen LogP contribution is -2.16. The molecule has 56 valence electrons. The van der Waals surface area contributed by atoms with E-state index in [1.54, 1.807) is 0 Å². The molecule has 0 unspecified atom stereocenters. The second-order valence-corrected chi connectivity index (χ2v) is 5.45. The van der Waals surface area contributed by atoms with E-state index in [-0.39, 0.29) is 6.04 Å². The minimum atomic E-state index is 0.287. The summed E-state index contributed by atoms with van der Waals surface area (Å²) in [5.41, 5.74) is 5.64. The van der Waals surface area contributed by atoms with Gasteiger partial charge in [-0.15, -0.1) is 11.3 Å². The van der Waals surface area contributed by atoms with Crippen molar-refractivity contribution in [2.24, 2.45) is 5.73 Å². The van der Waals surface area contributed by atoms with Gasteiger partial charge < -0.3 is 5.73 Å². The number of rotatable bonds is 2. The maximum atomic E-state index is 5.64. The summed E-state index contributed by atoms with van der Waals surface area (Å²) in [4.78, 5) is 1.39. The van der Waals surface area contributed by atoms with Gasteiger partial charge in [0, 0.05) is 10.9 Å². The Labute approximate surface area is 78.8 Å². The van der Waals surface area contributed by atoms with Gasteiger partial charge in [0.2, 0.25) is 0 Å². The highest BCUT2D eigenvalue weighted by atomic mass is 127. The van der Waals surface area contributed by atoms with Gasteiger partial charge in [0.05, 0.1) is 2.88 Å². The molecule has 1 heterocycles. The summed E-state index contributed by atoms with van der Waals surface area (Å²) in [6, 6.07) is 4.56. The van der Waals surface area contributed by atoms with E-state index in [9.17, 15) is 0 Å². The number of hydrogen-bond acceptors (Lipinski definition) is 2. The molecule has 0 aliphatic rings. The average Bonchev–Trinajstić information content (AvgIpc) is 2.13. The number of hydrogen-bond donors (Lipinski definition) is 1. The van der Waals surface area contributed by atoms with Gasteiger partial charge in [0.25, 0.3) is 0 Å². The lowest BCUT2D eigenvalue weighted by atomic mass is 10.2. The summed E-state index contributed by atoms with van der Waals surface area (Å²) >= 11 is 4.15. The molecule has 0 aliphatic heterocycles. The van der Waals surface area contributed by atoms with Crippen LogP contribution in [0.25, 0.3) is 0 Å². The van der Waals surface area contributed by atoms with Gasteiger partial charge in [-0.25, -0.2) is 0 Å². The minimum absolute atomic E-state index is 0.287. The molecule has 0 spiro atoms. The van der Waals surface area contributed by atoms with Crippen molar-refractivity contribution in [3.05, 3.63) is 19.9 Å². The minimum Gasteiger partial charge on any atom is -0.328 e. The standard InChI is InChI=1S/C7H10INS/c1-5(9)4-6-2-3-7(8)10-6/h2-3,5H,4,9H2,1H3/t5-/m1/s1. The highest BCUT2D eigenvalue weighted by molar-refractivity contribution is 14.1. The number of thiophene rings is 1. The molecule has 0 amide bonds. The van der Waals surface area contributed by atoms with Gasteiger partial charge in [-0.1, -0.05) is 0 Å². The molecule has 0 bridgehead atoms. The first-order valence-electron chi connectivity index (χ1n) is 3.18. The molecule has 0 radical (unpaired) electrons. The Morgan fingerprint density at radius 1 is 1.70 bits per heavy atom. The maximum Gasteiger partial charge on any atom is 0.0656 e. The van der Waals surface area contributed by atoms with Crippen LogP contribution in [0.3, 0.4) is 0 Å². The van der Waals surface area contributed by atoms with Gasteiger partial charge in [0.1, 0.15) is 0 Å². The van der Waals surface area contributed by atoms with Crippen LogP contribution >= 0.6 is 33.9 Å². The third-order valence-electron chi connectivity index (χ3n) is 1.15. The van der Waals surface area contributed by atoms with Gasteiger partial charge in [0.15, 0.2) is 0 Å². The normalized spacial score (nSPS) is 13.5. The van der Waals surface area contributed by atoms with E-state index in [0.717, 1.165) is 6.42 Å². The molecule has 0 saturated carbocycles. The Hall–Kier alpha value is 0.390. The van der Waals surface area contributed by atoms with Gasteiger partial charge >= 0.3 is 0 Å². The van der Waals surface area contributed by atoms with Crippen molar-refractivity contribution in [3.63, 3.8) is 0 Å². The highest BCUT2D eigenvalue weighted by Gasteiger charge is 1.99. The molecule has 0 saturated heterocycles. The summed E-state index contributed by atoms with van der Waals surface area (Å²) in [6.45, 7) is 2.03. The van der Waals surface area contributed by atoms with Gasteiger partial charge in [-0.3, -0.25) is 0 Å². The topological polar surface area (TPSA) is 26.0 Å². The van der Waals surface area contributed by atoms with E-state index >= 15 is 0 Å². The van der Waals surface area contributed by atoms with E-state index in [2.05, 4.69) is 34.7 Å². The summed E-state index contributed by atoms with van der Waals surface area (Å²) in [5, 5.41) is 0. The van der Waals surface area contributed by atoms with E-state index < -0.39 is 0 Å². The van der Waals surface area contributed by atoms with Crippen LogP contribution in [0.15, 0.2) is 12.1 Å². The van der Waals surface area contributed by atoms with E-state index in [0.29, 0.717) is 0 Å². The van der Waals surface area contributed by atoms with E-state index in [1.165, 1.54) is 7.76 Å². The molecule has 3 heteroatoms. The molecule has 1 rings (SSSR count). The Bertz CT molecular complexity index is 207. The summed E-state index contributed by atoms with van der Waals surface area (Å²) < 4.78 is 1.34. The highest BCUT2D eigenvalue weighted by Crippen LogP contribution is 2.18. The van der Waals surface area contributed by atoms with Crippen LogP contribution in [0.5, 0.6) is 0 Å². The lowest BCUT2D eigenvalue weighted by Gasteiger charge is -1.99. The first-order valence-corrected chi connectivity index (χ1v) is 5.08. The largest absolute Gasteiger partial charge is 0.328 e. The molecule has 0 aliphatic carbocycles. The predicted octanol–water partition coefficient (Wildman–Crippen LogP) is 2.24. The average molecular weight is 267 g/mol. The zero-order chi connectivity index (χ0) is 7.56. The molecule has 0 aromatic carbocycles. The fourth-order valence-corrected chi connectivity index (χ4v) is 2.68. The van der Waals surface area contributed by atoms with Crippen molar-refractivity contribution in [3.8, 4) is 0 Å². The Morgan fingerprint density at radius 2 is 2.40 bits per heavy atom. The van der Waals surface area contributed by atoms with Crippen molar-refractivity contribution in [2.45, 2.75) is 19.4 Å². The summed E-state index contributed by atoms with van der Waals surface area (Å²) in [7, 11) is 0. The Morgan fingerprint density at radius 3 is 2.80 bits per heavy atom. The van der Waals surface area contributed by atoms with Crippen LogP contribution in [0.2, 0.25) is 0 Å². The van der Waals surface area contributed by atoms with Crippen molar-refractivity contribution in [2.75, 3.05) is 0 Å². The molecule has 1 aromatic rings. The van der Waals surface area contributed by atoms with Gasteiger partial charge in [-0.2, -0.15) is 0 Å². The van der Waals surface area contributed by atoms with E-state index in [4.69, 9.17) is 5.73 Å². The molecule has 10 heavy (non-hydrogen) atoms. The third kappa shape index (κ3) is 2.56. The van der Waals surface area contributed by atoms with Crippen LogP contribution in [0.4, 0.5) is 0 Å². The van der Waals surface area contributed by atoms with Crippen molar-refractivity contribution in [1.82, 2.24) is 0 Å². The van der Waals surface area contributed by atoms with E-state index in [1.807, 2.05) is 18.3 Å². The summed E-state index contributed by atoms with van der Waals surface area (Å²) in [6.07, 6.45) is 1.01. The van der Waals surface area contributed by atoms with Crippen LogP contribution in [0, 0.1) is 2.88 Å². The quantitative estimate of drug-likeness (QED) is 0.817. The number of halogens is 1. The Kier molecular flexibility index (Phi) is 3.13. The SMILES string of the molecule is C[C@@H](N)Cc1ccc(I)s1. The van der Waals surface area contributed by atoms with Crippen LogP contribution in [-0.4, -0.2) is 6.04 Å². The van der Waals surface area contributed by atoms with Crippen LogP contribution in [0.1, 0.15) is 11.8 Å². The predicted molar refractivity (Wildman–Crippen MR) is 54.4 cm³/mol.